The normalized spacial score (nSPS) is 17.5. The van der Waals surface area contributed by atoms with Crippen LogP contribution in [-0.2, 0) is 4.79 Å². The second-order valence-corrected chi connectivity index (χ2v) is 4.31. The van der Waals surface area contributed by atoms with E-state index in [1.54, 1.807) is 12.1 Å². The van der Waals surface area contributed by atoms with Gasteiger partial charge in [0.05, 0.1) is 6.21 Å². The highest BCUT2D eigenvalue weighted by atomic mass is 19.1. The Hall–Kier alpha value is -2.49. The van der Waals surface area contributed by atoms with Gasteiger partial charge in [-0.2, -0.15) is 0 Å². The van der Waals surface area contributed by atoms with E-state index in [9.17, 15) is 9.18 Å². The quantitative estimate of drug-likeness (QED) is 0.835. The molecular weight excluding hydrogens is 243 g/mol. The maximum atomic E-state index is 13.0. The lowest BCUT2D eigenvalue weighted by Crippen LogP contribution is -2.11. The van der Waals surface area contributed by atoms with Crippen LogP contribution in [0, 0.1) is 5.82 Å². The Labute approximate surface area is 109 Å². The molecular formula is C15H11FN2O. The van der Waals surface area contributed by atoms with Crippen LogP contribution in [0.3, 0.4) is 0 Å². The third-order valence-corrected chi connectivity index (χ3v) is 3.04. The first-order valence-corrected chi connectivity index (χ1v) is 5.92. The van der Waals surface area contributed by atoms with E-state index in [4.69, 9.17) is 0 Å². The number of anilines is 1. The Morgan fingerprint density at radius 1 is 1.05 bits per heavy atom. The van der Waals surface area contributed by atoms with Gasteiger partial charge in [0.2, 0.25) is 0 Å². The van der Waals surface area contributed by atoms with Gasteiger partial charge >= 0.3 is 0 Å². The number of halogens is 1. The summed E-state index contributed by atoms with van der Waals surface area (Å²) < 4.78 is 13.0. The highest BCUT2D eigenvalue weighted by Crippen LogP contribution is 2.32. The van der Waals surface area contributed by atoms with Gasteiger partial charge in [-0.05, 0) is 23.8 Å². The molecule has 2 aromatic carbocycles. The standard InChI is InChI=1S/C15H11FN2O/c16-11-7-5-10(6-8-11)15-12-3-1-2-4-13(12)18-14(19)9-17-15/h1-9,15H,(H,18,19). The van der Waals surface area contributed by atoms with Gasteiger partial charge < -0.3 is 5.32 Å². The van der Waals surface area contributed by atoms with Crippen LogP contribution in [0.5, 0.6) is 0 Å². The number of hydrogen-bond donors (Lipinski definition) is 1. The molecule has 0 aromatic heterocycles. The van der Waals surface area contributed by atoms with Crippen molar-refractivity contribution in [1.29, 1.82) is 0 Å². The molecule has 4 heteroatoms. The van der Waals surface area contributed by atoms with Crippen LogP contribution in [0.2, 0.25) is 0 Å². The average Bonchev–Trinajstić information content (AvgIpc) is 2.58. The summed E-state index contributed by atoms with van der Waals surface area (Å²) in [5.74, 6) is -0.541. The summed E-state index contributed by atoms with van der Waals surface area (Å²) in [5.41, 5.74) is 2.48. The second-order valence-electron chi connectivity index (χ2n) is 4.31. The van der Waals surface area contributed by atoms with Gasteiger partial charge in [0.1, 0.15) is 11.9 Å². The Morgan fingerprint density at radius 3 is 2.58 bits per heavy atom. The minimum absolute atomic E-state index is 0.253. The van der Waals surface area contributed by atoms with Crippen molar-refractivity contribution in [2.75, 3.05) is 5.32 Å². The molecule has 1 atom stereocenters. The minimum Gasteiger partial charge on any atom is -0.321 e. The first kappa shape index (κ1) is 11.6. The molecule has 3 nitrogen and oxygen atoms in total. The number of benzene rings is 2. The van der Waals surface area contributed by atoms with E-state index < -0.39 is 0 Å². The number of carbonyl (C=O) groups excluding carboxylic acids is 1. The number of para-hydroxylation sites is 1. The van der Waals surface area contributed by atoms with Crippen molar-refractivity contribution < 1.29 is 9.18 Å². The van der Waals surface area contributed by atoms with E-state index in [0.717, 1.165) is 16.8 Å². The molecule has 3 rings (SSSR count). The molecule has 0 saturated carbocycles. The van der Waals surface area contributed by atoms with Crippen LogP contribution >= 0.6 is 0 Å². The highest BCUT2D eigenvalue weighted by molar-refractivity contribution is 6.32. The number of carbonyl (C=O) groups is 1. The van der Waals surface area contributed by atoms with Crippen molar-refractivity contribution in [2.45, 2.75) is 6.04 Å². The number of aliphatic imine (C=N–C) groups is 1. The fourth-order valence-electron chi connectivity index (χ4n) is 2.15. The van der Waals surface area contributed by atoms with E-state index in [-0.39, 0.29) is 17.8 Å². The molecule has 1 amide bonds. The van der Waals surface area contributed by atoms with Gasteiger partial charge in [0.15, 0.2) is 0 Å². The first-order chi connectivity index (χ1) is 9.24. The van der Waals surface area contributed by atoms with Gasteiger partial charge in [0.25, 0.3) is 5.91 Å². The molecule has 0 bridgehead atoms. The fourth-order valence-corrected chi connectivity index (χ4v) is 2.15. The van der Waals surface area contributed by atoms with E-state index in [1.807, 2.05) is 24.3 Å². The number of amides is 1. The molecule has 19 heavy (non-hydrogen) atoms. The van der Waals surface area contributed by atoms with Crippen molar-refractivity contribution in [3.05, 3.63) is 65.5 Å². The summed E-state index contributed by atoms with van der Waals surface area (Å²) in [7, 11) is 0. The van der Waals surface area contributed by atoms with E-state index in [0.29, 0.717) is 0 Å². The van der Waals surface area contributed by atoms with Gasteiger partial charge in [-0.25, -0.2) is 4.39 Å². The lowest BCUT2D eigenvalue weighted by molar-refractivity contribution is -0.109. The van der Waals surface area contributed by atoms with Crippen LogP contribution in [-0.4, -0.2) is 12.1 Å². The SMILES string of the molecule is O=C1C=NC(c2ccc(F)cc2)c2ccccc2N1. The maximum Gasteiger partial charge on any atom is 0.266 e. The van der Waals surface area contributed by atoms with Crippen molar-refractivity contribution in [3.8, 4) is 0 Å². The Morgan fingerprint density at radius 2 is 1.79 bits per heavy atom. The summed E-state index contributed by atoms with van der Waals surface area (Å²) >= 11 is 0. The smallest absolute Gasteiger partial charge is 0.266 e. The van der Waals surface area contributed by atoms with Gasteiger partial charge in [-0.1, -0.05) is 30.3 Å². The molecule has 0 saturated heterocycles. The molecule has 0 spiro atoms. The first-order valence-electron chi connectivity index (χ1n) is 5.92. The minimum atomic E-state index is -0.296. The summed E-state index contributed by atoms with van der Waals surface area (Å²) in [4.78, 5) is 15.8. The molecule has 94 valence electrons. The predicted molar refractivity (Wildman–Crippen MR) is 71.8 cm³/mol. The van der Waals surface area contributed by atoms with Crippen molar-refractivity contribution in [2.24, 2.45) is 4.99 Å². The molecule has 1 N–H and O–H groups in total. The van der Waals surface area contributed by atoms with Gasteiger partial charge in [-0.15, -0.1) is 0 Å². The summed E-state index contributed by atoms with van der Waals surface area (Å²) in [6.45, 7) is 0. The van der Waals surface area contributed by atoms with Gasteiger partial charge in [0, 0.05) is 11.3 Å². The van der Waals surface area contributed by atoms with Crippen LogP contribution < -0.4 is 5.32 Å². The zero-order valence-electron chi connectivity index (χ0n) is 10.0. The van der Waals surface area contributed by atoms with Crippen LogP contribution in [0.1, 0.15) is 17.2 Å². The monoisotopic (exact) mass is 254 g/mol. The molecule has 0 aliphatic carbocycles. The lowest BCUT2D eigenvalue weighted by Gasteiger charge is -2.14. The molecule has 1 heterocycles. The van der Waals surface area contributed by atoms with E-state index in [2.05, 4.69) is 10.3 Å². The van der Waals surface area contributed by atoms with Crippen LogP contribution in [0.4, 0.5) is 10.1 Å². The zero-order chi connectivity index (χ0) is 13.2. The third kappa shape index (κ3) is 2.25. The number of hydrogen-bond acceptors (Lipinski definition) is 2. The lowest BCUT2D eigenvalue weighted by atomic mass is 9.98. The molecule has 1 aliphatic heterocycles. The summed E-state index contributed by atoms with van der Waals surface area (Å²) in [6, 6.07) is 13.4. The van der Waals surface area contributed by atoms with E-state index >= 15 is 0 Å². The number of fused-ring (bicyclic) bond motifs is 1. The van der Waals surface area contributed by atoms with Gasteiger partial charge in [-0.3, -0.25) is 9.79 Å². The number of rotatable bonds is 1. The molecule has 1 unspecified atom stereocenters. The fraction of sp³-hybridized carbons (Fsp3) is 0.0667. The Kier molecular flexibility index (Phi) is 2.83. The average molecular weight is 254 g/mol. The molecule has 0 fully saturated rings. The third-order valence-electron chi connectivity index (χ3n) is 3.04. The topological polar surface area (TPSA) is 41.5 Å². The number of nitrogens with zero attached hydrogens (tertiary/aromatic N) is 1. The zero-order valence-corrected chi connectivity index (χ0v) is 10.0. The number of nitrogens with one attached hydrogen (secondary N) is 1. The summed E-state index contributed by atoms with van der Waals surface area (Å²) in [6.07, 6.45) is 1.27. The predicted octanol–water partition coefficient (Wildman–Crippen LogP) is 2.94. The van der Waals surface area contributed by atoms with Crippen LogP contribution in [0.15, 0.2) is 53.5 Å². The van der Waals surface area contributed by atoms with Crippen LogP contribution in [0.25, 0.3) is 0 Å². The largest absolute Gasteiger partial charge is 0.321 e. The Balaban J connectivity index is 2.12. The highest BCUT2D eigenvalue weighted by Gasteiger charge is 2.19. The van der Waals surface area contributed by atoms with Crippen molar-refractivity contribution in [3.63, 3.8) is 0 Å². The van der Waals surface area contributed by atoms with E-state index in [1.165, 1.54) is 18.3 Å². The van der Waals surface area contributed by atoms with Crippen molar-refractivity contribution >= 4 is 17.8 Å². The van der Waals surface area contributed by atoms with Crippen molar-refractivity contribution in [1.82, 2.24) is 0 Å². The Bertz CT molecular complexity index is 649. The second kappa shape index (κ2) is 4.65. The molecule has 2 aromatic rings. The summed E-state index contributed by atoms with van der Waals surface area (Å²) in [5, 5.41) is 2.77. The maximum absolute atomic E-state index is 13.0. The molecule has 0 radical (unpaired) electrons. The molecule has 1 aliphatic rings.